The molecule has 0 spiro atoms. The van der Waals surface area contributed by atoms with E-state index in [9.17, 15) is 14.7 Å². The Bertz CT molecular complexity index is 406. The second-order valence-corrected chi connectivity index (χ2v) is 3.78. The summed E-state index contributed by atoms with van der Waals surface area (Å²) in [6.07, 6.45) is -1.90. The minimum absolute atomic E-state index is 0.0781. The Hall–Kier alpha value is -1.92. The second kappa shape index (κ2) is 6.73. The number of ether oxygens (including phenoxy) is 1. The lowest BCUT2D eigenvalue weighted by molar-refractivity contribution is -0.149. The number of nitrogens with two attached hydrogens (primary N) is 1. The highest BCUT2D eigenvalue weighted by Crippen LogP contribution is 2.04. The maximum Gasteiger partial charge on any atom is 0.323 e. The van der Waals surface area contributed by atoms with E-state index in [0.29, 0.717) is 0 Å². The molecule has 0 heterocycles. The molecule has 0 aliphatic carbocycles. The highest BCUT2D eigenvalue weighted by molar-refractivity contribution is 5.76. The van der Waals surface area contributed by atoms with Crippen LogP contribution in [0.2, 0.25) is 0 Å². The van der Waals surface area contributed by atoms with Gasteiger partial charge in [-0.1, -0.05) is 30.3 Å². The van der Waals surface area contributed by atoms with Gasteiger partial charge in [0, 0.05) is 0 Å². The fourth-order valence-corrected chi connectivity index (χ4v) is 1.26. The molecule has 6 nitrogen and oxygen atoms in total. The smallest absolute Gasteiger partial charge is 0.323 e. The van der Waals surface area contributed by atoms with E-state index >= 15 is 0 Å². The Balaban J connectivity index is 2.36. The van der Waals surface area contributed by atoms with E-state index in [0.717, 1.165) is 5.56 Å². The first kappa shape index (κ1) is 14.1. The second-order valence-electron chi connectivity index (χ2n) is 3.78. The van der Waals surface area contributed by atoms with Crippen LogP contribution in [0, 0.1) is 0 Å². The number of benzene rings is 1. The zero-order valence-corrected chi connectivity index (χ0v) is 9.65. The zero-order valence-electron chi connectivity index (χ0n) is 9.65. The molecule has 1 aromatic carbocycles. The molecule has 0 amide bonds. The number of carbonyl (C=O) groups is 2. The predicted molar refractivity (Wildman–Crippen MR) is 62.5 cm³/mol. The van der Waals surface area contributed by atoms with Crippen LogP contribution in [0.5, 0.6) is 0 Å². The normalized spacial score (nSPS) is 13.7. The van der Waals surface area contributed by atoms with Crippen LogP contribution in [0.15, 0.2) is 30.3 Å². The van der Waals surface area contributed by atoms with Gasteiger partial charge in [0.2, 0.25) is 0 Å². The summed E-state index contributed by atoms with van der Waals surface area (Å²) in [5.41, 5.74) is 5.97. The largest absolute Gasteiger partial charge is 0.480 e. The van der Waals surface area contributed by atoms with Gasteiger partial charge in [0.25, 0.3) is 0 Å². The van der Waals surface area contributed by atoms with Gasteiger partial charge in [0.05, 0.1) is 12.5 Å². The predicted octanol–water partition coefficient (Wildman–Crippen LogP) is -0.107. The summed E-state index contributed by atoms with van der Waals surface area (Å²) >= 11 is 0. The number of hydrogen-bond acceptors (Lipinski definition) is 5. The van der Waals surface area contributed by atoms with Crippen molar-refractivity contribution in [3.05, 3.63) is 35.9 Å². The Morgan fingerprint density at radius 3 is 2.44 bits per heavy atom. The lowest BCUT2D eigenvalue weighted by Gasteiger charge is -2.13. The molecule has 0 aliphatic rings. The number of carboxylic acid groups (broad SMARTS) is 1. The van der Waals surface area contributed by atoms with E-state index in [1.165, 1.54) is 0 Å². The van der Waals surface area contributed by atoms with Crippen LogP contribution < -0.4 is 5.73 Å². The van der Waals surface area contributed by atoms with Crippen molar-refractivity contribution >= 4 is 11.9 Å². The van der Waals surface area contributed by atoms with Crippen LogP contribution in [0.4, 0.5) is 0 Å². The van der Waals surface area contributed by atoms with Crippen molar-refractivity contribution in [1.29, 1.82) is 0 Å². The quantitative estimate of drug-likeness (QED) is 0.610. The molecule has 0 saturated heterocycles. The van der Waals surface area contributed by atoms with Crippen molar-refractivity contribution in [2.24, 2.45) is 5.73 Å². The molecule has 1 rings (SSSR count). The fraction of sp³-hybridized carbons (Fsp3) is 0.333. The van der Waals surface area contributed by atoms with Gasteiger partial charge in [-0.2, -0.15) is 0 Å². The average Bonchev–Trinajstić information content (AvgIpc) is 2.36. The highest BCUT2D eigenvalue weighted by atomic mass is 16.5. The van der Waals surface area contributed by atoms with E-state index in [1.54, 1.807) is 24.3 Å². The molecule has 0 saturated carbocycles. The standard InChI is InChI=1S/C12H15NO5/c13-11(12(16)17)9(14)6-10(15)18-7-8-4-2-1-3-5-8/h1-5,9,11,14H,6-7,13H2,(H,16,17)/t9?,11-/m0/s1. The van der Waals surface area contributed by atoms with Gasteiger partial charge < -0.3 is 20.7 Å². The van der Waals surface area contributed by atoms with Crippen LogP contribution >= 0.6 is 0 Å². The Morgan fingerprint density at radius 1 is 1.28 bits per heavy atom. The topological polar surface area (TPSA) is 110 Å². The molecule has 1 aromatic rings. The molecular formula is C12H15NO5. The van der Waals surface area contributed by atoms with Crippen LogP contribution in [-0.2, 0) is 20.9 Å². The summed E-state index contributed by atoms with van der Waals surface area (Å²) in [4.78, 5) is 21.8. The number of rotatable bonds is 6. The number of hydrogen-bond donors (Lipinski definition) is 3. The van der Waals surface area contributed by atoms with Crippen LogP contribution in [-0.4, -0.2) is 34.3 Å². The molecule has 0 radical (unpaired) electrons. The number of carbonyl (C=O) groups excluding carboxylic acids is 1. The van der Waals surface area contributed by atoms with Crippen molar-refractivity contribution in [3.63, 3.8) is 0 Å². The summed E-state index contributed by atoms with van der Waals surface area (Å²) < 4.78 is 4.88. The maximum absolute atomic E-state index is 11.3. The first-order chi connectivity index (χ1) is 8.50. The van der Waals surface area contributed by atoms with Crippen molar-refractivity contribution in [2.75, 3.05) is 0 Å². The summed E-state index contributed by atoms with van der Waals surface area (Å²) in [5, 5.41) is 17.9. The molecule has 4 N–H and O–H groups in total. The number of aliphatic hydroxyl groups excluding tert-OH is 1. The van der Waals surface area contributed by atoms with Crippen molar-refractivity contribution in [3.8, 4) is 0 Å². The third-order valence-electron chi connectivity index (χ3n) is 2.32. The van der Waals surface area contributed by atoms with Gasteiger partial charge in [0.15, 0.2) is 0 Å². The number of aliphatic hydroxyl groups is 1. The summed E-state index contributed by atoms with van der Waals surface area (Å²) in [6, 6.07) is 7.52. The monoisotopic (exact) mass is 253 g/mol. The minimum Gasteiger partial charge on any atom is -0.480 e. The first-order valence-electron chi connectivity index (χ1n) is 5.36. The summed E-state index contributed by atoms with van der Waals surface area (Å²) in [7, 11) is 0. The molecular weight excluding hydrogens is 238 g/mol. The van der Waals surface area contributed by atoms with E-state index in [4.69, 9.17) is 15.6 Å². The van der Waals surface area contributed by atoms with Gasteiger partial charge in [0.1, 0.15) is 12.6 Å². The Morgan fingerprint density at radius 2 is 1.89 bits per heavy atom. The third-order valence-corrected chi connectivity index (χ3v) is 2.32. The van der Waals surface area contributed by atoms with Gasteiger partial charge in [-0.25, -0.2) is 0 Å². The molecule has 0 fully saturated rings. The zero-order chi connectivity index (χ0) is 13.5. The minimum atomic E-state index is -1.49. The molecule has 18 heavy (non-hydrogen) atoms. The third kappa shape index (κ3) is 4.52. The van der Waals surface area contributed by atoms with Crippen LogP contribution in [0.1, 0.15) is 12.0 Å². The van der Waals surface area contributed by atoms with E-state index in [1.807, 2.05) is 6.07 Å². The average molecular weight is 253 g/mol. The molecule has 0 aliphatic heterocycles. The van der Waals surface area contributed by atoms with Gasteiger partial charge in [-0.3, -0.25) is 9.59 Å². The lowest BCUT2D eigenvalue weighted by Crippen LogP contribution is -2.43. The fourth-order valence-electron chi connectivity index (χ4n) is 1.26. The molecule has 6 heteroatoms. The Labute approximate surface area is 104 Å². The van der Waals surface area contributed by atoms with Gasteiger partial charge in [-0.15, -0.1) is 0 Å². The molecule has 98 valence electrons. The molecule has 1 unspecified atom stereocenters. The maximum atomic E-state index is 11.3. The van der Waals surface area contributed by atoms with Crippen molar-refractivity contribution in [1.82, 2.24) is 0 Å². The van der Waals surface area contributed by atoms with E-state index in [2.05, 4.69) is 0 Å². The van der Waals surface area contributed by atoms with Gasteiger partial charge >= 0.3 is 11.9 Å². The molecule has 2 atom stereocenters. The number of aliphatic carboxylic acids is 1. The highest BCUT2D eigenvalue weighted by Gasteiger charge is 2.24. The van der Waals surface area contributed by atoms with E-state index in [-0.39, 0.29) is 6.61 Å². The lowest BCUT2D eigenvalue weighted by atomic mass is 10.1. The Kier molecular flexibility index (Phi) is 5.29. The van der Waals surface area contributed by atoms with E-state index < -0.39 is 30.5 Å². The SMILES string of the molecule is N[C@H](C(=O)O)C(O)CC(=O)OCc1ccccc1. The number of carboxylic acids is 1. The van der Waals surface area contributed by atoms with Crippen molar-refractivity contribution < 1.29 is 24.5 Å². The summed E-state index contributed by atoms with van der Waals surface area (Å²) in [6.45, 7) is 0.0781. The summed E-state index contributed by atoms with van der Waals surface area (Å²) in [5.74, 6) is -2.05. The molecule has 0 bridgehead atoms. The first-order valence-corrected chi connectivity index (χ1v) is 5.36. The van der Waals surface area contributed by atoms with Crippen LogP contribution in [0.25, 0.3) is 0 Å². The van der Waals surface area contributed by atoms with Gasteiger partial charge in [-0.05, 0) is 5.56 Å². The van der Waals surface area contributed by atoms with Crippen molar-refractivity contribution in [2.45, 2.75) is 25.2 Å². The number of esters is 1. The van der Waals surface area contributed by atoms with Crippen LogP contribution in [0.3, 0.4) is 0 Å². The molecule has 0 aromatic heterocycles.